The van der Waals surface area contributed by atoms with Gasteiger partial charge in [0.1, 0.15) is 0 Å². The number of carbonyl (C=O) groups is 1. The lowest BCUT2D eigenvalue weighted by Gasteiger charge is -2.33. The molecule has 0 amide bonds. The molecule has 0 aromatic carbocycles. The summed E-state index contributed by atoms with van der Waals surface area (Å²) in [6.07, 6.45) is 2.34. The number of carboxylic acid groups (broad SMARTS) is 1. The molecule has 1 unspecified atom stereocenters. The molecule has 0 aliphatic carbocycles. The minimum atomic E-state index is -1.01. The van der Waals surface area contributed by atoms with Gasteiger partial charge in [-0.05, 0) is 13.3 Å². The van der Waals surface area contributed by atoms with Crippen LogP contribution in [0.5, 0.6) is 0 Å². The molecule has 15 heavy (non-hydrogen) atoms. The Morgan fingerprint density at radius 3 is 3.07 bits per heavy atom. The SMILES string of the molecule is CCC1(C)CC(=NOCC(=O)O)CCO1. The Balaban J connectivity index is 2.45. The van der Waals surface area contributed by atoms with Gasteiger partial charge < -0.3 is 14.7 Å². The molecule has 0 spiro atoms. The summed E-state index contributed by atoms with van der Waals surface area (Å²) in [4.78, 5) is 14.9. The Morgan fingerprint density at radius 2 is 2.47 bits per heavy atom. The summed E-state index contributed by atoms with van der Waals surface area (Å²) in [7, 11) is 0. The quantitative estimate of drug-likeness (QED) is 0.720. The van der Waals surface area contributed by atoms with Crippen molar-refractivity contribution in [3.8, 4) is 0 Å². The van der Waals surface area contributed by atoms with Crippen molar-refractivity contribution in [1.29, 1.82) is 0 Å². The zero-order chi connectivity index (χ0) is 11.3. The molecular weight excluding hydrogens is 198 g/mol. The Kier molecular flexibility index (Phi) is 4.08. The number of rotatable bonds is 4. The number of carboxylic acids is 1. The summed E-state index contributed by atoms with van der Waals surface area (Å²) in [6, 6.07) is 0. The van der Waals surface area contributed by atoms with Gasteiger partial charge in [0.2, 0.25) is 6.61 Å². The topological polar surface area (TPSA) is 68.1 Å². The molecule has 86 valence electrons. The first-order valence-corrected chi connectivity index (χ1v) is 5.09. The van der Waals surface area contributed by atoms with E-state index in [1.807, 2.05) is 6.92 Å². The molecule has 1 fully saturated rings. The van der Waals surface area contributed by atoms with E-state index in [1.54, 1.807) is 0 Å². The van der Waals surface area contributed by atoms with E-state index < -0.39 is 5.97 Å². The van der Waals surface area contributed by atoms with Crippen molar-refractivity contribution in [3.63, 3.8) is 0 Å². The summed E-state index contributed by atoms with van der Waals surface area (Å²) >= 11 is 0. The highest BCUT2D eigenvalue weighted by Gasteiger charge is 2.29. The molecule has 0 bridgehead atoms. The zero-order valence-corrected chi connectivity index (χ0v) is 9.15. The number of nitrogens with zero attached hydrogens (tertiary/aromatic N) is 1. The molecule has 1 atom stereocenters. The normalized spacial score (nSPS) is 29.1. The first-order valence-electron chi connectivity index (χ1n) is 5.09. The maximum atomic E-state index is 10.2. The molecule has 1 rings (SSSR count). The summed E-state index contributed by atoms with van der Waals surface area (Å²) in [5.74, 6) is -1.01. The molecule has 0 aromatic heterocycles. The van der Waals surface area contributed by atoms with Crippen LogP contribution in [0.1, 0.15) is 33.1 Å². The first-order chi connectivity index (χ1) is 7.06. The van der Waals surface area contributed by atoms with Crippen LogP contribution in [-0.4, -0.2) is 35.6 Å². The van der Waals surface area contributed by atoms with Crippen LogP contribution in [0, 0.1) is 0 Å². The Labute approximate surface area is 89.1 Å². The van der Waals surface area contributed by atoms with Crippen LogP contribution in [0.3, 0.4) is 0 Å². The largest absolute Gasteiger partial charge is 0.479 e. The smallest absolute Gasteiger partial charge is 0.344 e. The van der Waals surface area contributed by atoms with Gasteiger partial charge in [-0.2, -0.15) is 0 Å². The predicted octanol–water partition coefficient (Wildman–Crippen LogP) is 1.42. The van der Waals surface area contributed by atoms with Crippen LogP contribution in [0.4, 0.5) is 0 Å². The second-order valence-corrected chi connectivity index (χ2v) is 3.90. The van der Waals surface area contributed by atoms with Gasteiger partial charge in [-0.25, -0.2) is 4.79 Å². The summed E-state index contributed by atoms with van der Waals surface area (Å²) in [5, 5.41) is 12.2. The number of aliphatic carboxylic acids is 1. The summed E-state index contributed by atoms with van der Waals surface area (Å²) < 4.78 is 5.62. The molecule has 0 aromatic rings. The van der Waals surface area contributed by atoms with Crippen molar-refractivity contribution < 1.29 is 19.5 Å². The van der Waals surface area contributed by atoms with Crippen molar-refractivity contribution in [2.45, 2.75) is 38.7 Å². The van der Waals surface area contributed by atoms with Crippen LogP contribution < -0.4 is 0 Å². The van der Waals surface area contributed by atoms with E-state index >= 15 is 0 Å². The van der Waals surface area contributed by atoms with Crippen molar-refractivity contribution in [2.75, 3.05) is 13.2 Å². The molecule has 1 aliphatic heterocycles. The number of hydrogen-bond acceptors (Lipinski definition) is 4. The van der Waals surface area contributed by atoms with E-state index in [-0.39, 0.29) is 12.2 Å². The minimum Gasteiger partial charge on any atom is -0.479 e. The molecule has 1 saturated heterocycles. The lowest BCUT2D eigenvalue weighted by Crippen LogP contribution is -2.36. The maximum Gasteiger partial charge on any atom is 0.344 e. The second-order valence-electron chi connectivity index (χ2n) is 3.90. The average Bonchev–Trinajstić information content (AvgIpc) is 2.17. The molecule has 5 heteroatoms. The first kappa shape index (κ1) is 12.0. The van der Waals surface area contributed by atoms with Gasteiger partial charge in [-0.1, -0.05) is 12.1 Å². The molecular formula is C10H17NO4. The van der Waals surface area contributed by atoms with Crippen LogP contribution in [0.2, 0.25) is 0 Å². The molecule has 0 radical (unpaired) electrons. The van der Waals surface area contributed by atoms with Crippen LogP contribution in [0.25, 0.3) is 0 Å². The highest BCUT2D eigenvalue weighted by molar-refractivity contribution is 5.85. The fraction of sp³-hybridized carbons (Fsp3) is 0.800. The van der Waals surface area contributed by atoms with Crippen molar-refractivity contribution in [3.05, 3.63) is 0 Å². The molecule has 1 aliphatic rings. The van der Waals surface area contributed by atoms with Gasteiger partial charge >= 0.3 is 5.97 Å². The van der Waals surface area contributed by atoms with Gasteiger partial charge in [0.05, 0.1) is 17.9 Å². The molecule has 5 nitrogen and oxygen atoms in total. The summed E-state index contributed by atoms with van der Waals surface area (Å²) in [6.45, 7) is 4.33. The standard InChI is InChI=1S/C10H17NO4/c1-3-10(2)6-8(4-5-14-10)11-15-7-9(12)13/h3-7H2,1-2H3,(H,12,13). The van der Waals surface area contributed by atoms with Crippen molar-refractivity contribution in [2.24, 2.45) is 5.16 Å². The van der Waals surface area contributed by atoms with Gasteiger partial charge in [0.25, 0.3) is 0 Å². The van der Waals surface area contributed by atoms with E-state index in [2.05, 4.69) is 12.1 Å². The predicted molar refractivity (Wildman–Crippen MR) is 54.9 cm³/mol. The van der Waals surface area contributed by atoms with Crippen LogP contribution in [0.15, 0.2) is 5.16 Å². The van der Waals surface area contributed by atoms with E-state index in [9.17, 15) is 4.79 Å². The fourth-order valence-electron chi connectivity index (χ4n) is 1.47. The minimum absolute atomic E-state index is 0.177. The van der Waals surface area contributed by atoms with E-state index in [4.69, 9.17) is 14.7 Å². The average molecular weight is 215 g/mol. The van der Waals surface area contributed by atoms with E-state index in [0.29, 0.717) is 13.0 Å². The van der Waals surface area contributed by atoms with Crippen molar-refractivity contribution in [1.82, 2.24) is 0 Å². The Bertz CT molecular complexity index is 264. The van der Waals surface area contributed by atoms with Gasteiger partial charge in [0, 0.05) is 12.8 Å². The summed E-state index contributed by atoms with van der Waals surface area (Å²) in [5.41, 5.74) is 0.704. The zero-order valence-electron chi connectivity index (χ0n) is 9.15. The lowest BCUT2D eigenvalue weighted by molar-refractivity contribution is -0.142. The van der Waals surface area contributed by atoms with E-state index in [1.165, 1.54) is 0 Å². The molecule has 1 heterocycles. The Hall–Kier alpha value is -1.10. The monoisotopic (exact) mass is 215 g/mol. The maximum absolute atomic E-state index is 10.2. The van der Waals surface area contributed by atoms with Crippen molar-refractivity contribution >= 4 is 11.7 Å². The number of oxime groups is 1. The molecule has 0 saturated carbocycles. The third-order valence-corrected chi connectivity index (χ3v) is 2.55. The Morgan fingerprint density at radius 1 is 1.73 bits per heavy atom. The van der Waals surface area contributed by atoms with Crippen LogP contribution in [-0.2, 0) is 14.4 Å². The third kappa shape index (κ3) is 3.87. The van der Waals surface area contributed by atoms with Gasteiger partial charge in [0.15, 0.2) is 0 Å². The second kappa shape index (κ2) is 5.11. The highest BCUT2D eigenvalue weighted by Crippen LogP contribution is 2.25. The lowest BCUT2D eigenvalue weighted by atomic mass is 9.92. The number of hydrogen-bond donors (Lipinski definition) is 1. The van der Waals surface area contributed by atoms with Gasteiger partial charge in [-0.15, -0.1) is 0 Å². The molecule has 1 N–H and O–H groups in total. The fourth-order valence-corrected chi connectivity index (χ4v) is 1.47. The van der Waals surface area contributed by atoms with Gasteiger partial charge in [-0.3, -0.25) is 0 Å². The van der Waals surface area contributed by atoms with E-state index in [0.717, 1.165) is 18.6 Å². The van der Waals surface area contributed by atoms with Crippen LogP contribution >= 0.6 is 0 Å². The highest BCUT2D eigenvalue weighted by atomic mass is 16.6. The number of ether oxygens (including phenoxy) is 1. The third-order valence-electron chi connectivity index (χ3n) is 2.55.